The third-order valence-corrected chi connectivity index (χ3v) is 1.98. The van der Waals surface area contributed by atoms with E-state index in [9.17, 15) is 9.18 Å². The van der Waals surface area contributed by atoms with Gasteiger partial charge in [0.05, 0.1) is 0 Å². The minimum absolute atomic E-state index is 0.120. The highest BCUT2D eigenvalue weighted by Crippen LogP contribution is 2.21. The lowest BCUT2D eigenvalue weighted by Crippen LogP contribution is -2.25. The van der Waals surface area contributed by atoms with Crippen LogP contribution in [-0.2, 0) is 4.79 Å². The Kier molecular flexibility index (Phi) is 3.91. The SMILES string of the molecule is CCC(Oc1cc(F)cc(Cl)c1)C(=O)O. The number of rotatable bonds is 4. The fraction of sp³-hybridized carbons (Fsp3) is 0.300. The molecule has 0 heterocycles. The minimum Gasteiger partial charge on any atom is -0.479 e. The molecule has 0 aromatic heterocycles. The molecule has 0 aliphatic heterocycles. The molecule has 0 aliphatic carbocycles. The van der Waals surface area contributed by atoms with Crippen molar-refractivity contribution < 1.29 is 19.0 Å². The quantitative estimate of drug-likeness (QED) is 0.868. The zero-order valence-corrected chi connectivity index (χ0v) is 8.79. The first-order chi connectivity index (χ1) is 7.02. The van der Waals surface area contributed by atoms with Crippen molar-refractivity contribution in [1.29, 1.82) is 0 Å². The zero-order valence-electron chi connectivity index (χ0n) is 8.04. The van der Waals surface area contributed by atoms with Crippen LogP contribution in [-0.4, -0.2) is 17.2 Å². The molecule has 82 valence electrons. The summed E-state index contributed by atoms with van der Waals surface area (Å²) in [7, 11) is 0. The second-order valence-electron chi connectivity index (χ2n) is 2.96. The second-order valence-corrected chi connectivity index (χ2v) is 3.39. The molecular weight excluding hydrogens is 223 g/mol. The lowest BCUT2D eigenvalue weighted by Gasteiger charge is -2.13. The Labute approximate surface area is 91.4 Å². The summed E-state index contributed by atoms with van der Waals surface area (Å²) in [6.45, 7) is 1.67. The average molecular weight is 233 g/mol. The molecule has 0 aliphatic rings. The highest BCUT2D eigenvalue weighted by atomic mass is 35.5. The van der Waals surface area contributed by atoms with Gasteiger partial charge in [-0.2, -0.15) is 0 Å². The summed E-state index contributed by atoms with van der Waals surface area (Å²) in [5, 5.41) is 8.89. The van der Waals surface area contributed by atoms with Gasteiger partial charge in [0.1, 0.15) is 11.6 Å². The van der Waals surface area contributed by atoms with Gasteiger partial charge in [-0.3, -0.25) is 0 Å². The van der Waals surface area contributed by atoms with Crippen LogP contribution in [0.1, 0.15) is 13.3 Å². The van der Waals surface area contributed by atoms with Crippen molar-refractivity contribution in [1.82, 2.24) is 0 Å². The van der Waals surface area contributed by atoms with Gasteiger partial charge in [0.15, 0.2) is 6.10 Å². The molecule has 1 atom stereocenters. The molecule has 0 fully saturated rings. The van der Waals surface area contributed by atoms with E-state index in [4.69, 9.17) is 21.4 Å². The second kappa shape index (κ2) is 4.98. The number of carboxylic acid groups (broad SMARTS) is 1. The average Bonchev–Trinajstić information content (AvgIpc) is 2.12. The highest BCUT2D eigenvalue weighted by Gasteiger charge is 2.17. The molecule has 5 heteroatoms. The number of aliphatic carboxylic acids is 1. The van der Waals surface area contributed by atoms with E-state index in [1.165, 1.54) is 6.07 Å². The molecule has 1 aromatic rings. The Balaban J connectivity index is 2.83. The topological polar surface area (TPSA) is 46.5 Å². The van der Waals surface area contributed by atoms with E-state index >= 15 is 0 Å². The molecule has 0 amide bonds. The van der Waals surface area contributed by atoms with Crippen LogP contribution in [0.2, 0.25) is 5.02 Å². The number of hydrogen-bond acceptors (Lipinski definition) is 2. The summed E-state index contributed by atoms with van der Waals surface area (Å²) in [5.74, 6) is -1.52. The first-order valence-corrected chi connectivity index (χ1v) is 4.76. The summed E-state index contributed by atoms with van der Waals surface area (Å²) in [6.07, 6.45) is -0.688. The van der Waals surface area contributed by atoms with E-state index in [0.29, 0.717) is 6.42 Å². The van der Waals surface area contributed by atoms with Crippen molar-refractivity contribution in [2.45, 2.75) is 19.4 Å². The molecule has 0 spiro atoms. The molecule has 15 heavy (non-hydrogen) atoms. The van der Waals surface area contributed by atoms with Crippen molar-refractivity contribution in [2.24, 2.45) is 0 Å². The normalized spacial score (nSPS) is 12.2. The van der Waals surface area contributed by atoms with Crippen molar-refractivity contribution in [3.05, 3.63) is 29.0 Å². The summed E-state index contributed by atoms with van der Waals surface area (Å²) < 4.78 is 17.9. The van der Waals surface area contributed by atoms with Crippen molar-refractivity contribution in [3.8, 4) is 5.75 Å². The zero-order chi connectivity index (χ0) is 11.4. The number of halogens is 2. The summed E-state index contributed by atoms with van der Waals surface area (Å²) in [5.41, 5.74) is 0. The first kappa shape index (κ1) is 11.8. The predicted octanol–water partition coefficient (Wildman–Crippen LogP) is 2.72. The molecule has 1 N–H and O–H groups in total. The largest absolute Gasteiger partial charge is 0.479 e. The molecule has 1 aromatic carbocycles. The van der Waals surface area contributed by atoms with Crippen molar-refractivity contribution in [3.63, 3.8) is 0 Å². The maximum absolute atomic E-state index is 12.9. The number of carboxylic acids is 1. The first-order valence-electron chi connectivity index (χ1n) is 4.38. The van der Waals surface area contributed by atoms with E-state index in [-0.39, 0.29) is 10.8 Å². The van der Waals surface area contributed by atoms with Crippen LogP contribution in [0.3, 0.4) is 0 Å². The third-order valence-electron chi connectivity index (χ3n) is 1.76. The fourth-order valence-corrected chi connectivity index (χ4v) is 1.28. The van der Waals surface area contributed by atoms with Gasteiger partial charge in [-0.15, -0.1) is 0 Å². The van der Waals surface area contributed by atoms with Gasteiger partial charge >= 0.3 is 5.97 Å². The van der Waals surface area contributed by atoms with Crippen LogP contribution in [0.25, 0.3) is 0 Å². The van der Waals surface area contributed by atoms with Gasteiger partial charge in [0.2, 0.25) is 0 Å². The number of ether oxygens (including phenoxy) is 1. The Morgan fingerprint density at radius 2 is 2.27 bits per heavy atom. The molecule has 0 saturated carbocycles. The molecule has 0 radical (unpaired) electrons. The maximum atomic E-state index is 12.9. The standard InChI is InChI=1S/C10H10ClFO3/c1-2-9(10(13)14)15-8-4-6(11)3-7(12)5-8/h3-5,9H,2H2,1H3,(H,13,14). The van der Waals surface area contributed by atoms with Crippen LogP contribution < -0.4 is 4.74 Å². The highest BCUT2D eigenvalue weighted by molar-refractivity contribution is 6.30. The minimum atomic E-state index is -1.09. The van der Waals surface area contributed by atoms with Crippen LogP contribution in [0.4, 0.5) is 4.39 Å². The molecular formula is C10H10ClFO3. The van der Waals surface area contributed by atoms with E-state index in [1.807, 2.05) is 0 Å². The molecule has 0 bridgehead atoms. The van der Waals surface area contributed by atoms with Gasteiger partial charge in [0.25, 0.3) is 0 Å². The van der Waals surface area contributed by atoms with Crippen LogP contribution >= 0.6 is 11.6 Å². The third kappa shape index (κ3) is 3.40. The Hall–Kier alpha value is -1.29. The lowest BCUT2D eigenvalue weighted by atomic mass is 10.2. The van der Waals surface area contributed by atoms with E-state index < -0.39 is 17.9 Å². The molecule has 1 unspecified atom stereocenters. The van der Waals surface area contributed by atoms with Gasteiger partial charge in [-0.1, -0.05) is 18.5 Å². The number of hydrogen-bond donors (Lipinski definition) is 1. The molecule has 1 rings (SSSR count). The van der Waals surface area contributed by atoms with Crippen molar-refractivity contribution in [2.75, 3.05) is 0 Å². The van der Waals surface area contributed by atoms with Gasteiger partial charge in [-0.25, -0.2) is 9.18 Å². The Morgan fingerprint density at radius 3 is 2.73 bits per heavy atom. The number of benzene rings is 1. The van der Waals surface area contributed by atoms with Gasteiger partial charge < -0.3 is 9.84 Å². The van der Waals surface area contributed by atoms with Crippen LogP contribution in [0, 0.1) is 5.82 Å². The van der Waals surface area contributed by atoms with E-state index in [0.717, 1.165) is 12.1 Å². The lowest BCUT2D eigenvalue weighted by molar-refractivity contribution is -0.145. The summed E-state index contributed by atoms with van der Waals surface area (Å²) in [4.78, 5) is 10.7. The predicted molar refractivity (Wildman–Crippen MR) is 53.8 cm³/mol. The van der Waals surface area contributed by atoms with Crippen LogP contribution in [0.5, 0.6) is 5.75 Å². The smallest absolute Gasteiger partial charge is 0.344 e. The maximum Gasteiger partial charge on any atom is 0.344 e. The summed E-state index contributed by atoms with van der Waals surface area (Å²) >= 11 is 5.59. The van der Waals surface area contributed by atoms with Crippen LogP contribution in [0.15, 0.2) is 18.2 Å². The van der Waals surface area contributed by atoms with Crippen molar-refractivity contribution >= 4 is 17.6 Å². The van der Waals surface area contributed by atoms with Gasteiger partial charge in [0, 0.05) is 11.1 Å². The summed E-state index contributed by atoms with van der Waals surface area (Å²) in [6, 6.07) is 3.59. The number of carbonyl (C=O) groups is 1. The Bertz CT molecular complexity index is 347. The molecule has 3 nitrogen and oxygen atoms in total. The van der Waals surface area contributed by atoms with Gasteiger partial charge in [-0.05, 0) is 18.6 Å². The van der Waals surface area contributed by atoms with E-state index in [1.54, 1.807) is 6.92 Å². The van der Waals surface area contributed by atoms with E-state index in [2.05, 4.69) is 0 Å². The fourth-order valence-electron chi connectivity index (χ4n) is 1.07. The Morgan fingerprint density at radius 1 is 1.60 bits per heavy atom. The molecule has 0 saturated heterocycles. The monoisotopic (exact) mass is 232 g/mol.